The Labute approximate surface area is 75.9 Å². The van der Waals surface area contributed by atoms with Crippen LogP contribution in [-0.4, -0.2) is 6.29 Å². The largest absolute Gasteiger partial charge is 0.302 e. The third-order valence-corrected chi connectivity index (χ3v) is 1.83. The predicted octanol–water partition coefficient (Wildman–Crippen LogP) is 3.35. The fourth-order valence-corrected chi connectivity index (χ4v) is 0.939. The normalized spacial score (nSPS) is 12.2. The molecule has 0 saturated carbocycles. The van der Waals surface area contributed by atoms with E-state index in [2.05, 4.69) is 13.0 Å². The molecule has 0 amide bonds. The molecule has 0 N–H and O–H groups in total. The standard InChI is InChI=1S/C11H20O/c1-4-5-6-7-8-9-11(2,3)10-12/h8-10H,4-7H2,1-3H3/b9-8-. The Kier molecular flexibility index (Phi) is 5.69. The van der Waals surface area contributed by atoms with Crippen LogP contribution in [0.1, 0.15) is 46.5 Å². The zero-order valence-electron chi connectivity index (χ0n) is 8.47. The quantitative estimate of drug-likeness (QED) is 0.338. The number of hydrogen-bond donors (Lipinski definition) is 0. The highest BCUT2D eigenvalue weighted by atomic mass is 16.1. The highest BCUT2D eigenvalue weighted by Gasteiger charge is 2.09. The van der Waals surface area contributed by atoms with Gasteiger partial charge in [-0.05, 0) is 26.7 Å². The zero-order valence-corrected chi connectivity index (χ0v) is 8.47. The first-order chi connectivity index (χ1) is 5.62. The van der Waals surface area contributed by atoms with Gasteiger partial charge < -0.3 is 4.79 Å². The molecule has 1 heteroatoms. The van der Waals surface area contributed by atoms with Crippen molar-refractivity contribution in [2.24, 2.45) is 5.41 Å². The summed E-state index contributed by atoms with van der Waals surface area (Å²) in [7, 11) is 0. The van der Waals surface area contributed by atoms with E-state index in [4.69, 9.17) is 0 Å². The molecule has 0 rings (SSSR count). The van der Waals surface area contributed by atoms with Crippen molar-refractivity contribution in [1.29, 1.82) is 0 Å². The summed E-state index contributed by atoms with van der Waals surface area (Å²) in [4.78, 5) is 10.5. The lowest BCUT2D eigenvalue weighted by Crippen LogP contribution is -2.07. The Morgan fingerprint density at radius 2 is 1.92 bits per heavy atom. The molecule has 0 saturated heterocycles. The van der Waals surface area contributed by atoms with Crippen molar-refractivity contribution in [3.05, 3.63) is 12.2 Å². The highest BCUT2D eigenvalue weighted by Crippen LogP contribution is 2.13. The van der Waals surface area contributed by atoms with E-state index in [0.29, 0.717) is 0 Å². The van der Waals surface area contributed by atoms with Crippen LogP contribution in [0.4, 0.5) is 0 Å². The molecule has 0 fully saturated rings. The van der Waals surface area contributed by atoms with Gasteiger partial charge in [-0.3, -0.25) is 0 Å². The van der Waals surface area contributed by atoms with Crippen molar-refractivity contribution in [3.63, 3.8) is 0 Å². The smallest absolute Gasteiger partial charge is 0.129 e. The van der Waals surface area contributed by atoms with Crippen LogP contribution in [0.15, 0.2) is 12.2 Å². The van der Waals surface area contributed by atoms with Crippen molar-refractivity contribution in [1.82, 2.24) is 0 Å². The molecule has 0 spiro atoms. The van der Waals surface area contributed by atoms with Crippen LogP contribution in [0.25, 0.3) is 0 Å². The summed E-state index contributed by atoms with van der Waals surface area (Å²) in [6, 6.07) is 0. The number of carbonyl (C=O) groups is 1. The fourth-order valence-electron chi connectivity index (χ4n) is 0.939. The molecule has 0 heterocycles. The van der Waals surface area contributed by atoms with Crippen molar-refractivity contribution in [2.75, 3.05) is 0 Å². The minimum atomic E-state index is -0.272. The first-order valence-corrected chi connectivity index (χ1v) is 4.76. The lowest BCUT2D eigenvalue weighted by molar-refractivity contribution is -0.112. The van der Waals surface area contributed by atoms with E-state index in [1.807, 2.05) is 19.9 Å². The van der Waals surface area contributed by atoms with Gasteiger partial charge in [0, 0.05) is 5.41 Å². The first-order valence-electron chi connectivity index (χ1n) is 4.76. The maximum absolute atomic E-state index is 10.5. The highest BCUT2D eigenvalue weighted by molar-refractivity contribution is 5.61. The van der Waals surface area contributed by atoms with Crippen molar-refractivity contribution in [2.45, 2.75) is 46.5 Å². The average molecular weight is 168 g/mol. The van der Waals surface area contributed by atoms with Crippen LogP contribution in [0.5, 0.6) is 0 Å². The fraction of sp³-hybridized carbons (Fsp3) is 0.727. The van der Waals surface area contributed by atoms with E-state index in [1.54, 1.807) is 0 Å². The molecule has 0 atom stereocenters. The van der Waals surface area contributed by atoms with Gasteiger partial charge in [0.05, 0.1) is 0 Å². The lowest BCUT2D eigenvalue weighted by atomic mass is 9.95. The first kappa shape index (κ1) is 11.4. The molecular formula is C11H20O. The molecular weight excluding hydrogens is 148 g/mol. The second kappa shape index (κ2) is 5.99. The molecule has 0 aliphatic carbocycles. The maximum atomic E-state index is 10.5. The van der Waals surface area contributed by atoms with Gasteiger partial charge in [0.1, 0.15) is 6.29 Å². The van der Waals surface area contributed by atoms with Crippen molar-refractivity contribution in [3.8, 4) is 0 Å². The second-order valence-corrected chi connectivity index (χ2v) is 3.84. The SMILES string of the molecule is CCCCC/C=C\C(C)(C)C=O. The van der Waals surface area contributed by atoms with E-state index in [-0.39, 0.29) is 5.41 Å². The number of hydrogen-bond acceptors (Lipinski definition) is 1. The zero-order chi connectivity index (χ0) is 9.45. The third kappa shape index (κ3) is 6.14. The number of carbonyl (C=O) groups excluding carboxylic acids is 1. The summed E-state index contributed by atoms with van der Waals surface area (Å²) >= 11 is 0. The molecule has 0 aliphatic rings. The summed E-state index contributed by atoms with van der Waals surface area (Å²) < 4.78 is 0. The van der Waals surface area contributed by atoms with Gasteiger partial charge in [0.2, 0.25) is 0 Å². The van der Waals surface area contributed by atoms with Crippen LogP contribution in [-0.2, 0) is 4.79 Å². The van der Waals surface area contributed by atoms with E-state index in [9.17, 15) is 4.79 Å². The molecule has 1 nitrogen and oxygen atoms in total. The molecule has 0 bridgehead atoms. The summed E-state index contributed by atoms with van der Waals surface area (Å²) in [6.07, 6.45) is 9.98. The predicted molar refractivity (Wildman–Crippen MR) is 53.1 cm³/mol. The van der Waals surface area contributed by atoms with E-state index in [1.165, 1.54) is 19.3 Å². The number of allylic oxidation sites excluding steroid dienone is 2. The van der Waals surface area contributed by atoms with Crippen molar-refractivity contribution < 1.29 is 4.79 Å². The van der Waals surface area contributed by atoms with Gasteiger partial charge in [0.25, 0.3) is 0 Å². The molecule has 0 aromatic rings. The van der Waals surface area contributed by atoms with Crippen LogP contribution in [0.2, 0.25) is 0 Å². The van der Waals surface area contributed by atoms with Gasteiger partial charge in [-0.2, -0.15) is 0 Å². The summed E-state index contributed by atoms with van der Waals surface area (Å²) in [5.74, 6) is 0. The summed E-state index contributed by atoms with van der Waals surface area (Å²) in [5.41, 5.74) is -0.272. The van der Waals surface area contributed by atoms with E-state index >= 15 is 0 Å². The lowest BCUT2D eigenvalue weighted by Gasteiger charge is -2.08. The average Bonchev–Trinajstić information content (AvgIpc) is 2.04. The van der Waals surface area contributed by atoms with Gasteiger partial charge in [-0.25, -0.2) is 0 Å². The molecule has 0 aliphatic heterocycles. The Bertz CT molecular complexity index is 145. The monoisotopic (exact) mass is 168 g/mol. The Morgan fingerprint density at radius 1 is 1.25 bits per heavy atom. The van der Waals surface area contributed by atoms with E-state index < -0.39 is 0 Å². The molecule has 0 radical (unpaired) electrons. The van der Waals surface area contributed by atoms with Gasteiger partial charge in [-0.1, -0.05) is 31.9 Å². The van der Waals surface area contributed by atoms with Gasteiger partial charge >= 0.3 is 0 Å². The van der Waals surface area contributed by atoms with Crippen LogP contribution in [0.3, 0.4) is 0 Å². The van der Waals surface area contributed by atoms with Crippen LogP contribution in [0, 0.1) is 5.41 Å². The topological polar surface area (TPSA) is 17.1 Å². The molecule has 0 aromatic heterocycles. The molecule has 70 valence electrons. The molecule has 0 unspecified atom stereocenters. The van der Waals surface area contributed by atoms with Crippen LogP contribution >= 0.6 is 0 Å². The Morgan fingerprint density at radius 3 is 2.42 bits per heavy atom. The molecule has 12 heavy (non-hydrogen) atoms. The summed E-state index contributed by atoms with van der Waals surface area (Å²) in [6.45, 7) is 6.05. The minimum Gasteiger partial charge on any atom is -0.302 e. The summed E-state index contributed by atoms with van der Waals surface area (Å²) in [5, 5.41) is 0. The third-order valence-electron chi connectivity index (χ3n) is 1.83. The second-order valence-electron chi connectivity index (χ2n) is 3.84. The van der Waals surface area contributed by atoms with Crippen LogP contribution < -0.4 is 0 Å². The molecule has 0 aromatic carbocycles. The van der Waals surface area contributed by atoms with Gasteiger partial charge in [0.15, 0.2) is 0 Å². The Hall–Kier alpha value is -0.590. The number of rotatable bonds is 6. The number of unbranched alkanes of at least 4 members (excludes halogenated alkanes) is 3. The van der Waals surface area contributed by atoms with E-state index in [0.717, 1.165) is 12.7 Å². The Balaban J connectivity index is 3.54. The maximum Gasteiger partial charge on any atom is 0.129 e. The van der Waals surface area contributed by atoms with Crippen molar-refractivity contribution >= 4 is 6.29 Å². The van der Waals surface area contributed by atoms with Gasteiger partial charge in [-0.15, -0.1) is 0 Å². The number of aldehydes is 1. The minimum absolute atomic E-state index is 0.272.